The summed E-state index contributed by atoms with van der Waals surface area (Å²) in [6.45, 7) is 3.34. The van der Waals surface area contributed by atoms with Crippen LogP contribution in [0.25, 0.3) is 0 Å². The van der Waals surface area contributed by atoms with Crippen LogP contribution in [0.4, 0.5) is 5.69 Å². The zero-order valence-electron chi connectivity index (χ0n) is 17.8. The van der Waals surface area contributed by atoms with Crippen molar-refractivity contribution in [2.75, 3.05) is 10.8 Å². The Morgan fingerprint density at radius 1 is 0.969 bits per heavy atom. The fourth-order valence-corrected chi connectivity index (χ4v) is 4.57. The van der Waals surface area contributed by atoms with Crippen molar-refractivity contribution < 1.29 is 13.2 Å². The molecule has 0 aromatic heterocycles. The number of rotatable bonds is 8. The van der Waals surface area contributed by atoms with Crippen molar-refractivity contribution in [2.24, 2.45) is 5.10 Å². The molecule has 1 amide bonds. The first kappa shape index (κ1) is 23.5. The van der Waals surface area contributed by atoms with Gasteiger partial charge in [0.15, 0.2) is 0 Å². The summed E-state index contributed by atoms with van der Waals surface area (Å²) in [7, 11) is -3.95. The Hall–Kier alpha value is -3.16. The Balaban J connectivity index is 1.85. The van der Waals surface area contributed by atoms with Gasteiger partial charge in [0.25, 0.3) is 15.9 Å². The molecule has 0 saturated carbocycles. The van der Waals surface area contributed by atoms with Gasteiger partial charge >= 0.3 is 0 Å². The molecule has 32 heavy (non-hydrogen) atoms. The van der Waals surface area contributed by atoms with Crippen molar-refractivity contribution in [3.63, 3.8) is 0 Å². The van der Waals surface area contributed by atoms with Crippen molar-refractivity contribution in [1.82, 2.24) is 5.43 Å². The molecule has 3 aromatic carbocycles. The first-order valence-electron chi connectivity index (χ1n) is 10.1. The lowest BCUT2D eigenvalue weighted by Gasteiger charge is -2.24. The first-order valence-corrected chi connectivity index (χ1v) is 11.9. The molecule has 0 fully saturated rings. The van der Waals surface area contributed by atoms with E-state index in [1.54, 1.807) is 61.5 Å². The molecule has 0 heterocycles. The molecule has 0 bridgehead atoms. The van der Waals surface area contributed by atoms with E-state index in [1.165, 1.54) is 12.1 Å². The van der Waals surface area contributed by atoms with Gasteiger partial charge in [-0.1, -0.05) is 61.0 Å². The standard InChI is InChI=1S/C24H24ClN3O3S/c1-3-19-9-15-22(16-10-19)28(32(30,31)23-7-5-4-6-8-23)17-24(29)27-26-18(2)20-11-13-21(25)14-12-20/h4-16H,3,17H2,1-2H3,(H,27,29)/b26-18-. The van der Waals surface area contributed by atoms with Crippen LogP contribution in [0.15, 0.2) is 88.9 Å². The number of carbonyl (C=O) groups is 1. The van der Waals surface area contributed by atoms with Crippen LogP contribution in [0.5, 0.6) is 0 Å². The number of aryl methyl sites for hydroxylation is 1. The van der Waals surface area contributed by atoms with Crippen molar-refractivity contribution in [3.05, 3.63) is 95.0 Å². The Morgan fingerprint density at radius 3 is 2.19 bits per heavy atom. The van der Waals surface area contributed by atoms with E-state index < -0.39 is 22.5 Å². The third-order valence-electron chi connectivity index (χ3n) is 4.86. The predicted octanol–water partition coefficient (Wildman–Crippen LogP) is 4.64. The number of nitrogens with one attached hydrogen (secondary N) is 1. The highest BCUT2D eigenvalue weighted by atomic mass is 35.5. The van der Waals surface area contributed by atoms with Crippen LogP contribution in [0.2, 0.25) is 5.02 Å². The summed E-state index contributed by atoms with van der Waals surface area (Å²) < 4.78 is 27.7. The number of sulfonamides is 1. The van der Waals surface area contributed by atoms with Gasteiger partial charge in [0.1, 0.15) is 6.54 Å². The normalized spacial score (nSPS) is 11.8. The van der Waals surface area contributed by atoms with Gasteiger partial charge in [0.2, 0.25) is 0 Å². The average molecular weight is 470 g/mol. The second-order valence-corrected chi connectivity index (χ2v) is 9.38. The Labute approximate surface area is 193 Å². The van der Waals surface area contributed by atoms with Crippen LogP contribution in [-0.4, -0.2) is 26.6 Å². The lowest BCUT2D eigenvalue weighted by molar-refractivity contribution is -0.119. The van der Waals surface area contributed by atoms with Gasteiger partial charge in [0, 0.05) is 5.02 Å². The molecule has 0 radical (unpaired) electrons. The van der Waals surface area contributed by atoms with Crippen molar-refractivity contribution in [1.29, 1.82) is 0 Å². The Bertz CT molecular complexity index is 1190. The number of hydrogen-bond donors (Lipinski definition) is 1. The molecule has 0 aliphatic carbocycles. The molecule has 0 atom stereocenters. The molecular formula is C24H24ClN3O3S. The molecule has 3 rings (SSSR count). The lowest BCUT2D eigenvalue weighted by Crippen LogP contribution is -2.39. The van der Waals surface area contributed by atoms with E-state index in [2.05, 4.69) is 10.5 Å². The van der Waals surface area contributed by atoms with Crippen LogP contribution >= 0.6 is 11.6 Å². The SMILES string of the molecule is CCc1ccc(N(CC(=O)N/N=C(/C)c2ccc(Cl)cc2)S(=O)(=O)c2ccccc2)cc1. The highest BCUT2D eigenvalue weighted by molar-refractivity contribution is 7.92. The zero-order chi connectivity index (χ0) is 23.1. The molecule has 3 aromatic rings. The number of nitrogens with zero attached hydrogens (tertiary/aromatic N) is 2. The maximum atomic E-state index is 13.3. The van der Waals surface area contributed by atoms with Gasteiger partial charge < -0.3 is 0 Å². The van der Waals surface area contributed by atoms with Gasteiger partial charge in [-0.05, 0) is 60.9 Å². The minimum absolute atomic E-state index is 0.105. The molecule has 8 heteroatoms. The number of carbonyl (C=O) groups excluding carboxylic acids is 1. The molecule has 0 aliphatic heterocycles. The van der Waals surface area contributed by atoms with Gasteiger partial charge in [0.05, 0.1) is 16.3 Å². The Morgan fingerprint density at radius 2 is 1.59 bits per heavy atom. The van der Waals surface area contributed by atoms with Crippen molar-refractivity contribution in [3.8, 4) is 0 Å². The number of amides is 1. The summed E-state index contributed by atoms with van der Waals surface area (Å²) in [6.07, 6.45) is 0.824. The van der Waals surface area contributed by atoms with Crippen LogP contribution in [0, 0.1) is 0 Å². The largest absolute Gasteiger partial charge is 0.271 e. The summed E-state index contributed by atoms with van der Waals surface area (Å²) in [5, 5.41) is 4.70. The quantitative estimate of drug-likeness (QED) is 0.385. The van der Waals surface area contributed by atoms with Gasteiger partial charge in [-0.2, -0.15) is 5.10 Å². The van der Waals surface area contributed by atoms with Crippen LogP contribution in [0.3, 0.4) is 0 Å². The molecule has 6 nitrogen and oxygen atoms in total. The lowest BCUT2D eigenvalue weighted by atomic mass is 10.1. The summed E-state index contributed by atoms with van der Waals surface area (Å²) in [6, 6.07) is 22.2. The van der Waals surface area contributed by atoms with E-state index in [9.17, 15) is 13.2 Å². The first-order chi connectivity index (χ1) is 15.3. The summed E-state index contributed by atoms with van der Waals surface area (Å²) in [5.41, 5.74) is 5.28. The van der Waals surface area contributed by atoms with Crippen LogP contribution in [0.1, 0.15) is 25.0 Å². The van der Waals surface area contributed by atoms with E-state index in [4.69, 9.17) is 11.6 Å². The predicted molar refractivity (Wildman–Crippen MR) is 129 cm³/mol. The maximum Gasteiger partial charge on any atom is 0.264 e. The number of benzene rings is 3. The van der Waals surface area contributed by atoms with E-state index in [1.807, 2.05) is 19.1 Å². The molecule has 0 unspecified atom stereocenters. The van der Waals surface area contributed by atoms with E-state index in [0.29, 0.717) is 16.4 Å². The molecule has 0 spiro atoms. The molecule has 0 saturated heterocycles. The highest BCUT2D eigenvalue weighted by Crippen LogP contribution is 2.24. The molecule has 0 aliphatic rings. The van der Waals surface area contributed by atoms with Crippen LogP contribution < -0.4 is 9.73 Å². The topological polar surface area (TPSA) is 78.8 Å². The van der Waals surface area contributed by atoms with E-state index in [-0.39, 0.29) is 4.90 Å². The number of anilines is 1. The number of halogens is 1. The third kappa shape index (κ3) is 5.75. The monoisotopic (exact) mass is 469 g/mol. The van der Waals surface area contributed by atoms with Gasteiger partial charge in [-0.3, -0.25) is 9.10 Å². The molecule has 166 valence electrons. The average Bonchev–Trinajstić information content (AvgIpc) is 2.82. The van der Waals surface area contributed by atoms with Crippen molar-refractivity contribution >= 4 is 38.9 Å². The van der Waals surface area contributed by atoms with E-state index >= 15 is 0 Å². The van der Waals surface area contributed by atoms with E-state index in [0.717, 1.165) is 21.9 Å². The third-order valence-corrected chi connectivity index (χ3v) is 6.90. The minimum Gasteiger partial charge on any atom is -0.271 e. The Kier molecular flexibility index (Phi) is 7.66. The van der Waals surface area contributed by atoms with Gasteiger partial charge in [-0.25, -0.2) is 13.8 Å². The summed E-state index contributed by atoms with van der Waals surface area (Å²) in [5.74, 6) is -0.558. The number of hydrazone groups is 1. The molecule has 1 N–H and O–H groups in total. The fourth-order valence-electron chi connectivity index (χ4n) is 3.00. The second-order valence-electron chi connectivity index (χ2n) is 7.08. The second kappa shape index (κ2) is 10.4. The van der Waals surface area contributed by atoms with Crippen LogP contribution in [-0.2, 0) is 21.2 Å². The number of hydrogen-bond acceptors (Lipinski definition) is 4. The summed E-state index contributed by atoms with van der Waals surface area (Å²) in [4.78, 5) is 12.8. The highest BCUT2D eigenvalue weighted by Gasteiger charge is 2.27. The fraction of sp³-hybridized carbons (Fsp3) is 0.167. The summed E-state index contributed by atoms with van der Waals surface area (Å²) >= 11 is 5.90. The van der Waals surface area contributed by atoms with Gasteiger partial charge in [-0.15, -0.1) is 0 Å². The minimum atomic E-state index is -3.95. The van der Waals surface area contributed by atoms with Crippen molar-refractivity contribution in [2.45, 2.75) is 25.2 Å². The smallest absolute Gasteiger partial charge is 0.264 e. The molecular weight excluding hydrogens is 446 g/mol. The zero-order valence-corrected chi connectivity index (χ0v) is 19.4. The maximum absolute atomic E-state index is 13.3.